The summed E-state index contributed by atoms with van der Waals surface area (Å²) in [5.41, 5.74) is 0.891. The van der Waals surface area contributed by atoms with E-state index in [-0.39, 0.29) is 24.5 Å². The molecule has 1 amide bonds. The van der Waals surface area contributed by atoms with Crippen LogP contribution < -0.4 is 4.74 Å². The Morgan fingerprint density at radius 3 is 2.58 bits per heavy atom. The van der Waals surface area contributed by atoms with Gasteiger partial charge in [0, 0.05) is 25.8 Å². The fourth-order valence-electron chi connectivity index (χ4n) is 2.89. The lowest BCUT2D eigenvalue weighted by atomic mass is 9.77. The third-order valence-corrected chi connectivity index (χ3v) is 4.82. The van der Waals surface area contributed by atoms with Crippen LogP contribution in [0.1, 0.15) is 31.7 Å². The Bertz CT molecular complexity index is 602. The van der Waals surface area contributed by atoms with E-state index in [2.05, 4.69) is 6.92 Å². The second-order valence-corrected chi connectivity index (χ2v) is 6.19. The first-order valence-electron chi connectivity index (χ1n) is 8.30. The topological polar surface area (TPSA) is 73.6 Å². The molecule has 1 heterocycles. The molecule has 0 bridgehead atoms. The first kappa shape index (κ1) is 18.0. The van der Waals surface area contributed by atoms with Crippen molar-refractivity contribution >= 4 is 12.0 Å². The van der Waals surface area contributed by atoms with Gasteiger partial charge in [0.1, 0.15) is 11.8 Å². The highest BCUT2D eigenvalue weighted by molar-refractivity contribution is 5.91. The van der Waals surface area contributed by atoms with Crippen LogP contribution >= 0.6 is 0 Å². The van der Waals surface area contributed by atoms with Crippen LogP contribution in [0, 0.1) is 16.7 Å². The van der Waals surface area contributed by atoms with E-state index >= 15 is 0 Å². The number of piperidine rings is 1. The van der Waals surface area contributed by atoms with Crippen molar-refractivity contribution < 1.29 is 14.6 Å². The molecule has 1 N–H and O–H groups in total. The molecule has 0 saturated carbocycles. The van der Waals surface area contributed by atoms with Gasteiger partial charge in [-0.15, -0.1) is 0 Å². The molecule has 1 fully saturated rings. The van der Waals surface area contributed by atoms with Gasteiger partial charge in [0.15, 0.2) is 6.61 Å². The third-order valence-electron chi connectivity index (χ3n) is 4.82. The molecule has 0 aliphatic carbocycles. The smallest absolute Gasteiger partial charge is 0.246 e. The highest BCUT2D eigenvalue weighted by atomic mass is 16.5. The van der Waals surface area contributed by atoms with E-state index in [1.165, 1.54) is 0 Å². The second kappa shape index (κ2) is 8.51. The number of nitrogens with zero attached hydrogens (tertiary/aromatic N) is 2. The van der Waals surface area contributed by atoms with Crippen LogP contribution in [0.3, 0.4) is 0 Å². The minimum Gasteiger partial charge on any atom is -0.479 e. The number of rotatable bonds is 6. The summed E-state index contributed by atoms with van der Waals surface area (Å²) in [6.45, 7) is 3.70. The van der Waals surface area contributed by atoms with Crippen molar-refractivity contribution in [2.24, 2.45) is 5.41 Å². The van der Waals surface area contributed by atoms with Gasteiger partial charge in [0.2, 0.25) is 5.91 Å². The molecule has 0 atom stereocenters. The maximum atomic E-state index is 12.3. The molecule has 1 saturated heterocycles. The van der Waals surface area contributed by atoms with Crippen molar-refractivity contribution in [3.63, 3.8) is 0 Å². The summed E-state index contributed by atoms with van der Waals surface area (Å²) in [6, 6.07) is 9.17. The lowest BCUT2D eigenvalue weighted by Gasteiger charge is -2.39. The highest BCUT2D eigenvalue weighted by Crippen LogP contribution is 2.34. The van der Waals surface area contributed by atoms with Crippen LogP contribution in [-0.2, 0) is 4.79 Å². The fraction of sp³-hybridized carbons (Fsp3) is 0.474. The van der Waals surface area contributed by atoms with Gasteiger partial charge in [-0.2, -0.15) is 5.26 Å². The van der Waals surface area contributed by atoms with Crippen molar-refractivity contribution in [2.45, 2.75) is 26.2 Å². The number of aliphatic hydroxyl groups is 1. The molecule has 128 valence electrons. The highest BCUT2D eigenvalue weighted by Gasteiger charge is 2.33. The number of aliphatic hydroxyl groups excluding tert-OH is 1. The van der Waals surface area contributed by atoms with Crippen LogP contribution in [0.4, 0.5) is 0 Å². The van der Waals surface area contributed by atoms with Gasteiger partial charge in [-0.25, -0.2) is 0 Å². The Morgan fingerprint density at radius 2 is 2.04 bits per heavy atom. The van der Waals surface area contributed by atoms with E-state index < -0.39 is 0 Å². The first-order valence-corrected chi connectivity index (χ1v) is 8.30. The minimum atomic E-state index is -0.0141. The lowest BCUT2D eigenvalue weighted by molar-refractivity contribution is -0.128. The molecule has 0 radical (unpaired) electrons. The molecule has 1 aliphatic heterocycles. The van der Waals surface area contributed by atoms with Crippen LogP contribution in [0.2, 0.25) is 0 Å². The van der Waals surface area contributed by atoms with Gasteiger partial charge < -0.3 is 14.7 Å². The molecular weight excluding hydrogens is 304 g/mol. The Kier molecular flexibility index (Phi) is 6.39. The van der Waals surface area contributed by atoms with Gasteiger partial charge in [-0.3, -0.25) is 4.79 Å². The number of amides is 1. The Balaban J connectivity index is 1.88. The van der Waals surface area contributed by atoms with Crippen molar-refractivity contribution in [2.75, 3.05) is 26.3 Å². The number of nitriles is 1. The average Bonchev–Trinajstić information content (AvgIpc) is 2.65. The molecule has 2 rings (SSSR count). The third kappa shape index (κ3) is 4.59. The van der Waals surface area contributed by atoms with Crippen molar-refractivity contribution in [3.05, 3.63) is 35.9 Å². The average molecular weight is 328 g/mol. The van der Waals surface area contributed by atoms with E-state index in [1.54, 1.807) is 24.3 Å². The first-order chi connectivity index (χ1) is 11.6. The van der Waals surface area contributed by atoms with Crippen molar-refractivity contribution in [1.29, 1.82) is 5.26 Å². The largest absolute Gasteiger partial charge is 0.479 e. The quantitative estimate of drug-likeness (QED) is 0.815. The maximum absolute atomic E-state index is 12.3. The number of ether oxygens (including phenoxy) is 1. The number of hydrogen-bond donors (Lipinski definition) is 1. The minimum absolute atomic E-state index is 0.00227. The molecule has 0 aromatic heterocycles. The Morgan fingerprint density at radius 1 is 1.38 bits per heavy atom. The number of carbonyl (C=O) groups is 1. The zero-order valence-electron chi connectivity index (χ0n) is 14.1. The van der Waals surface area contributed by atoms with Crippen LogP contribution in [0.5, 0.6) is 5.75 Å². The van der Waals surface area contributed by atoms with E-state index in [0.29, 0.717) is 18.8 Å². The van der Waals surface area contributed by atoms with Gasteiger partial charge in [0.05, 0.1) is 0 Å². The maximum Gasteiger partial charge on any atom is 0.246 e. The summed E-state index contributed by atoms with van der Waals surface area (Å²) in [7, 11) is 0. The predicted molar refractivity (Wildman–Crippen MR) is 92.2 cm³/mol. The predicted octanol–water partition coefficient (Wildman–Crippen LogP) is 2.61. The SMILES string of the molecule is CCC1(CO)CCN(C(=O)/C=C/c2ccc(OCC#N)cc2)CC1. The van der Waals surface area contributed by atoms with Gasteiger partial charge in [0.25, 0.3) is 0 Å². The standard InChI is InChI=1S/C19H24N2O3/c1-2-19(15-22)9-12-21(13-10-19)18(23)8-5-16-3-6-17(7-4-16)24-14-11-20/h3-8,22H,2,9-10,12-15H2,1H3/b8-5+. The van der Waals surface area contributed by atoms with Gasteiger partial charge >= 0.3 is 0 Å². The van der Waals surface area contributed by atoms with E-state index in [4.69, 9.17) is 10.00 Å². The van der Waals surface area contributed by atoms with E-state index in [0.717, 1.165) is 24.8 Å². The molecular formula is C19H24N2O3. The summed E-state index contributed by atoms with van der Waals surface area (Å²) in [5.74, 6) is 0.637. The van der Waals surface area contributed by atoms with Crippen LogP contribution in [0.25, 0.3) is 6.08 Å². The monoisotopic (exact) mass is 328 g/mol. The van der Waals surface area contributed by atoms with Gasteiger partial charge in [-0.05, 0) is 48.4 Å². The zero-order chi connectivity index (χ0) is 17.4. The van der Waals surface area contributed by atoms with Crippen LogP contribution in [0.15, 0.2) is 30.3 Å². The zero-order valence-corrected chi connectivity index (χ0v) is 14.1. The summed E-state index contributed by atoms with van der Waals surface area (Å²) in [4.78, 5) is 14.1. The summed E-state index contributed by atoms with van der Waals surface area (Å²) >= 11 is 0. The van der Waals surface area contributed by atoms with E-state index in [9.17, 15) is 9.90 Å². The fourth-order valence-corrected chi connectivity index (χ4v) is 2.89. The van der Waals surface area contributed by atoms with Crippen LogP contribution in [-0.4, -0.2) is 42.2 Å². The normalized spacial score (nSPS) is 16.8. The number of likely N-dealkylation sites (tertiary alicyclic amines) is 1. The molecule has 5 heteroatoms. The summed E-state index contributed by atoms with van der Waals surface area (Å²) in [5, 5.41) is 18.0. The second-order valence-electron chi connectivity index (χ2n) is 6.19. The van der Waals surface area contributed by atoms with Crippen molar-refractivity contribution in [3.8, 4) is 11.8 Å². The number of benzene rings is 1. The summed E-state index contributed by atoms with van der Waals surface area (Å²) in [6.07, 6.45) is 6.02. The molecule has 1 aliphatic rings. The van der Waals surface area contributed by atoms with E-state index in [1.807, 2.05) is 23.1 Å². The number of carbonyl (C=O) groups excluding carboxylic acids is 1. The van der Waals surface area contributed by atoms with Gasteiger partial charge in [-0.1, -0.05) is 19.1 Å². The molecule has 24 heavy (non-hydrogen) atoms. The molecule has 0 spiro atoms. The Labute approximate surface area is 143 Å². The lowest BCUT2D eigenvalue weighted by Crippen LogP contribution is -2.43. The van der Waals surface area contributed by atoms with Crippen molar-refractivity contribution in [1.82, 2.24) is 4.90 Å². The molecule has 1 aromatic carbocycles. The molecule has 1 aromatic rings. The summed E-state index contributed by atoms with van der Waals surface area (Å²) < 4.78 is 5.19. The molecule has 5 nitrogen and oxygen atoms in total. The number of hydrogen-bond acceptors (Lipinski definition) is 4. The Hall–Kier alpha value is -2.32. The molecule has 0 unspecified atom stereocenters.